The van der Waals surface area contributed by atoms with Gasteiger partial charge in [0.1, 0.15) is 0 Å². The van der Waals surface area contributed by atoms with Gasteiger partial charge in [-0.15, -0.1) is 0 Å². The number of carbonyl (C=O) groups excluding carboxylic acids is 1. The number of piperazine rings is 1. The van der Waals surface area contributed by atoms with E-state index in [-0.39, 0.29) is 18.1 Å². The molecule has 2 unspecified atom stereocenters. The zero-order valence-electron chi connectivity index (χ0n) is 15.6. The highest BCUT2D eigenvalue weighted by Crippen LogP contribution is 2.25. The van der Waals surface area contributed by atoms with Crippen LogP contribution in [-0.2, 0) is 11.2 Å². The van der Waals surface area contributed by atoms with Crippen LogP contribution in [0.4, 0.5) is 0 Å². The summed E-state index contributed by atoms with van der Waals surface area (Å²) in [7, 11) is 0. The lowest BCUT2D eigenvalue weighted by molar-refractivity contribution is -0.132. The van der Waals surface area contributed by atoms with Gasteiger partial charge in [0.15, 0.2) is 0 Å². The molecule has 4 rings (SSSR count). The molecule has 5 nitrogen and oxygen atoms in total. The highest BCUT2D eigenvalue weighted by molar-refractivity contribution is 9.10. The fourth-order valence-corrected chi connectivity index (χ4v) is 4.44. The molecule has 0 bridgehead atoms. The second-order valence-electron chi connectivity index (χ2n) is 7.33. The molecule has 2 aromatic rings. The number of halogens is 2. The second-order valence-corrected chi connectivity index (χ2v) is 8.62. The van der Waals surface area contributed by atoms with Crippen molar-refractivity contribution in [3.05, 3.63) is 69.2 Å². The van der Waals surface area contributed by atoms with Gasteiger partial charge in [-0.3, -0.25) is 9.69 Å². The lowest BCUT2D eigenvalue weighted by Crippen LogP contribution is -2.55. The molecule has 0 aliphatic carbocycles. The molecule has 2 atom stereocenters. The number of hydrogen-bond donors (Lipinski definition) is 2. The Balaban J connectivity index is 1.28. The van der Waals surface area contributed by atoms with Crippen LogP contribution < -0.4 is 10.9 Å². The third-order valence-electron chi connectivity index (χ3n) is 5.56. The third kappa shape index (κ3) is 4.58. The van der Waals surface area contributed by atoms with Gasteiger partial charge >= 0.3 is 0 Å². The normalized spacial score (nSPS) is 23.1. The third-order valence-corrected chi connectivity index (χ3v) is 6.59. The Morgan fingerprint density at radius 2 is 1.75 bits per heavy atom. The molecule has 7 heteroatoms. The van der Waals surface area contributed by atoms with Crippen molar-refractivity contribution in [2.24, 2.45) is 0 Å². The molecular formula is C21H24BrClN4O. The zero-order valence-corrected chi connectivity index (χ0v) is 17.9. The molecule has 0 radical (unpaired) electrons. The minimum Gasteiger partial charge on any atom is -0.340 e. The van der Waals surface area contributed by atoms with Crippen LogP contribution in [0.25, 0.3) is 0 Å². The zero-order chi connectivity index (χ0) is 19.5. The SMILES string of the molecule is O=C(Cc1ccccc1Br)N1CCN(C2CC(c3ccc(Cl)cc3)NN2)CC1. The van der Waals surface area contributed by atoms with Crippen molar-refractivity contribution in [3.8, 4) is 0 Å². The molecule has 0 saturated carbocycles. The van der Waals surface area contributed by atoms with E-state index >= 15 is 0 Å². The summed E-state index contributed by atoms with van der Waals surface area (Å²) >= 11 is 9.52. The molecule has 2 aliphatic heterocycles. The van der Waals surface area contributed by atoms with E-state index in [1.54, 1.807) is 0 Å². The number of rotatable bonds is 4. The summed E-state index contributed by atoms with van der Waals surface area (Å²) in [6.45, 7) is 3.31. The van der Waals surface area contributed by atoms with E-state index in [2.05, 4.69) is 43.8 Å². The molecule has 2 heterocycles. The van der Waals surface area contributed by atoms with E-state index in [1.807, 2.05) is 41.3 Å². The number of hydrogen-bond acceptors (Lipinski definition) is 4. The lowest BCUT2D eigenvalue weighted by Gasteiger charge is -2.37. The summed E-state index contributed by atoms with van der Waals surface area (Å²) < 4.78 is 0.997. The molecule has 0 aromatic heterocycles. The predicted molar refractivity (Wildman–Crippen MR) is 115 cm³/mol. The standard InChI is InChI=1S/C21H24BrClN4O/c22-18-4-2-1-3-16(18)13-21(28)27-11-9-26(10-12-27)20-14-19(24-25-20)15-5-7-17(23)8-6-15/h1-8,19-20,24-25H,9-14H2. The van der Waals surface area contributed by atoms with E-state index in [1.165, 1.54) is 5.56 Å². The van der Waals surface area contributed by atoms with Crippen LogP contribution >= 0.6 is 27.5 Å². The minimum absolute atomic E-state index is 0.197. The van der Waals surface area contributed by atoms with Gasteiger partial charge in [-0.05, 0) is 35.7 Å². The molecule has 0 spiro atoms. The first-order chi connectivity index (χ1) is 13.6. The maximum atomic E-state index is 12.7. The van der Waals surface area contributed by atoms with Crippen molar-refractivity contribution in [1.82, 2.24) is 20.7 Å². The van der Waals surface area contributed by atoms with Gasteiger partial charge in [0.05, 0.1) is 12.6 Å². The smallest absolute Gasteiger partial charge is 0.227 e. The number of benzene rings is 2. The Bertz CT molecular complexity index is 823. The highest BCUT2D eigenvalue weighted by atomic mass is 79.9. The predicted octanol–water partition coefficient (Wildman–Crippen LogP) is 3.35. The van der Waals surface area contributed by atoms with Gasteiger partial charge < -0.3 is 4.90 Å². The van der Waals surface area contributed by atoms with Gasteiger partial charge in [-0.25, -0.2) is 10.9 Å². The van der Waals surface area contributed by atoms with Gasteiger partial charge in [-0.1, -0.05) is 57.9 Å². The van der Waals surface area contributed by atoms with Gasteiger partial charge in [0, 0.05) is 41.7 Å². The fraction of sp³-hybridized carbons (Fsp3) is 0.381. The van der Waals surface area contributed by atoms with Crippen molar-refractivity contribution in [1.29, 1.82) is 0 Å². The topological polar surface area (TPSA) is 47.6 Å². The van der Waals surface area contributed by atoms with Crippen LogP contribution in [0.1, 0.15) is 23.6 Å². The Morgan fingerprint density at radius 3 is 2.46 bits per heavy atom. The molecule has 148 valence electrons. The van der Waals surface area contributed by atoms with E-state index in [0.29, 0.717) is 6.42 Å². The number of nitrogens with one attached hydrogen (secondary N) is 2. The number of carbonyl (C=O) groups is 1. The fourth-order valence-electron chi connectivity index (χ4n) is 3.89. The summed E-state index contributed by atoms with van der Waals surface area (Å²) in [5.74, 6) is 0.197. The Morgan fingerprint density at radius 1 is 1.04 bits per heavy atom. The van der Waals surface area contributed by atoms with E-state index in [4.69, 9.17) is 11.6 Å². The van der Waals surface area contributed by atoms with Crippen LogP contribution in [0.3, 0.4) is 0 Å². The molecule has 28 heavy (non-hydrogen) atoms. The average molecular weight is 464 g/mol. The Hall–Kier alpha value is -1.44. The minimum atomic E-state index is 0.197. The van der Waals surface area contributed by atoms with Crippen molar-refractivity contribution in [3.63, 3.8) is 0 Å². The largest absolute Gasteiger partial charge is 0.340 e. The van der Waals surface area contributed by atoms with E-state index < -0.39 is 0 Å². The average Bonchev–Trinajstić information content (AvgIpc) is 3.20. The first-order valence-corrected chi connectivity index (χ1v) is 10.8. The monoisotopic (exact) mass is 462 g/mol. The van der Waals surface area contributed by atoms with Crippen molar-refractivity contribution < 1.29 is 4.79 Å². The summed E-state index contributed by atoms with van der Waals surface area (Å²) in [5.41, 5.74) is 9.09. The van der Waals surface area contributed by atoms with E-state index in [0.717, 1.165) is 47.7 Å². The first kappa shape index (κ1) is 19.9. The quantitative estimate of drug-likeness (QED) is 0.730. The van der Waals surface area contributed by atoms with Crippen LogP contribution in [-0.4, -0.2) is 48.1 Å². The maximum absolute atomic E-state index is 12.7. The van der Waals surface area contributed by atoms with Crippen molar-refractivity contribution in [2.45, 2.75) is 25.0 Å². The summed E-state index contributed by atoms with van der Waals surface area (Å²) in [5, 5.41) is 0.759. The highest BCUT2D eigenvalue weighted by Gasteiger charge is 2.32. The molecular weight excluding hydrogens is 440 g/mol. The summed E-state index contributed by atoms with van der Waals surface area (Å²) in [4.78, 5) is 17.1. The Labute approximate surface area is 179 Å². The van der Waals surface area contributed by atoms with E-state index in [9.17, 15) is 4.79 Å². The van der Waals surface area contributed by atoms with Gasteiger partial charge in [0.25, 0.3) is 0 Å². The molecule has 2 fully saturated rings. The maximum Gasteiger partial charge on any atom is 0.227 e. The molecule has 2 saturated heterocycles. The Kier molecular flexibility index (Phi) is 6.33. The van der Waals surface area contributed by atoms with Crippen LogP contribution in [0.2, 0.25) is 5.02 Å². The molecule has 2 aromatic carbocycles. The van der Waals surface area contributed by atoms with Gasteiger partial charge in [-0.2, -0.15) is 0 Å². The number of nitrogens with zero attached hydrogens (tertiary/aromatic N) is 2. The molecule has 2 aliphatic rings. The summed E-state index contributed by atoms with van der Waals surface area (Å²) in [6, 6.07) is 16.2. The van der Waals surface area contributed by atoms with Crippen LogP contribution in [0.15, 0.2) is 53.0 Å². The lowest BCUT2D eigenvalue weighted by atomic mass is 10.0. The molecule has 2 N–H and O–H groups in total. The van der Waals surface area contributed by atoms with Crippen LogP contribution in [0.5, 0.6) is 0 Å². The first-order valence-electron chi connectivity index (χ1n) is 9.62. The molecule has 1 amide bonds. The second kappa shape index (κ2) is 8.93. The van der Waals surface area contributed by atoms with Crippen LogP contribution in [0, 0.1) is 0 Å². The van der Waals surface area contributed by atoms with Gasteiger partial charge in [0.2, 0.25) is 5.91 Å². The number of amides is 1. The van der Waals surface area contributed by atoms with Crippen molar-refractivity contribution >= 4 is 33.4 Å². The summed E-state index contributed by atoms with van der Waals surface area (Å²) in [6.07, 6.45) is 1.72. The van der Waals surface area contributed by atoms with Crippen molar-refractivity contribution in [2.75, 3.05) is 26.2 Å². The number of hydrazine groups is 1.